The van der Waals surface area contributed by atoms with Crippen LogP contribution < -0.4 is 60.4 Å². The third kappa shape index (κ3) is 65.4. The molecule has 35 heteroatoms. The van der Waals surface area contributed by atoms with E-state index < -0.39 is 59.4 Å². The molecule has 0 saturated heterocycles. The van der Waals surface area contributed by atoms with Crippen LogP contribution in [0.15, 0.2) is 40.2 Å². The number of nitrogens with zero attached hydrogens (tertiary/aromatic N) is 4. The third-order valence-electron chi connectivity index (χ3n) is 17.7. The van der Waals surface area contributed by atoms with Crippen LogP contribution in [0.25, 0.3) is 11.2 Å². The lowest BCUT2D eigenvalue weighted by atomic mass is 9.93. The molecule has 660 valence electrons. The molecular formula is C82H137N15O18S2. The van der Waals surface area contributed by atoms with Crippen molar-refractivity contribution in [1.29, 1.82) is 0 Å². The fourth-order valence-corrected chi connectivity index (χ4v) is 12.9. The Balaban J connectivity index is -0.00000168. The summed E-state index contributed by atoms with van der Waals surface area (Å²) in [6.45, 7) is 17.9. The summed E-state index contributed by atoms with van der Waals surface area (Å²) < 4.78 is 0. The molecule has 2 aromatic heterocycles. The van der Waals surface area contributed by atoms with Crippen LogP contribution >= 0.6 is 21.6 Å². The van der Waals surface area contributed by atoms with Gasteiger partial charge >= 0.3 is 24.2 Å². The zero-order chi connectivity index (χ0) is 88.2. The number of rotatable bonds is 61. The number of anilines is 1. The molecule has 17 N–H and O–H groups in total. The number of aliphatic carboxylic acids is 2. The molecule has 3 rings (SSSR count). The van der Waals surface area contributed by atoms with Crippen LogP contribution in [0.5, 0.6) is 0 Å². The summed E-state index contributed by atoms with van der Waals surface area (Å²) in [5.41, 5.74) is 23.6. The Morgan fingerprint density at radius 1 is 0.547 bits per heavy atom. The molecule has 4 atom stereocenters. The first kappa shape index (κ1) is 112. The number of H-pyrrole nitrogens is 1. The van der Waals surface area contributed by atoms with E-state index in [2.05, 4.69) is 77.6 Å². The summed E-state index contributed by atoms with van der Waals surface area (Å²) in [5, 5.41) is 35.5. The number of nitrogens with one attached hydrogen (secondary N) is 7. The average Bonchev–Trinajstić information content (AvgIpc) is 0.811. The molecule has 1 aromatic carbocycles. The van der Waals surface area contributed by atoms with E-state index in [0.717, 1.165) is 96.0 Å². The van der Waals surface area contributed by atoms with E-state index in [1.807, 2.05) is 19.1 Å². The number of carbonyl (C=O) groups is 11. The van der Waals surface area contributed by atoms with Crippen molar-refractivity contribution in [2.24, 2.45) is 39.9 Å². The van der Waals surface area contributed by atoms with Gasteiger partial charge in [0.05, 0.1) is 36.2 Å². The van der Waals surface area contributed by atoms with Crippen molar-refractivity contribution in [3.05, 3.63) is 57.6 Å². The summed E-state index contributed by atoms with van der Waals surface area (Å²) in [6.07, 6.45) is 30.3. The van der Waals surface area contributed by atoms with Gasteiger partial charge in [0.15, 0.2) is 28.7 Å². The van der Waals surface area contributed by atoms with Crippen molar-refractivity contribution in [1.82, 2.24) is 51.8 Å². The van der Waals surface area contributed by atoms with Crippen molar-refractivity contribution >= 4 is 122 Å². The topological polar surface area (TPSA) is 557 Å². The quantitative estimate of drug-likeness (QED) is 0.00822. The maximum absolute atomic E-state index is 13.2. The van der Waals surface area contributed by atoms with Gasteiger partial charge in [-0.25, -0.2) is 9.97 Å². The smallest absolute Gasteiger partial charge is 0.373 e. The predicted molar refractivity (Wildman–Crippen MR) is 455 cm³/mol. The molecule has 2 heterocycles. The molecule has 0 spiro atoms. The number of benzene rings is 1. The molecule has 0 aliphatic carbocycles. The van der Waals surface area contributed by atoms with Crippen LogP contribution in [0.4, 0.5) is 5.95 Å². The number of ketones is 3. The number of Topliss-reactive ketones (excluding diaryl/α,β-unsaturated/α-hetero) is 3. The van der Waals surface area contributed by atoms with Gasteiger partial charge in [-0.1, -0.05) is 184 Å². The zero-order valence-electron chi connectivity index (χ0n) is 70.4. The first-order valence-corrected chi connectivity index (χ1v) is 43.9. The number of aliphatic imine (C=N–C) groups is 1. The van der Waals surface area contributed by atoms with Crippen LogP contribution in [0, 0.1) is 17.8 Å². The maximum atomic E-state index is 13.2. The Morgan fingerprint density at radius 3 is 1.52 bits per heavy atom. The van der Waals surface area contributed by atoms with E-state index in [4.69, 9.17) is 47.2 Å². The normalized spacial score (nSPS) is 11.3. The summed E-state index contributed by atoms with van der Waals surface area (Å²) in [6, 6.07) is 6.06. The van der Waals surface area contributed by atoms with E-state index in [0.29, 0.717) is 87.2 Å². The SMILES string of the molecule is CCCCCCCN.CCCCCCCNC(=O)CCCCCNC(=O)CCC.CCCCCCCNC(=O)CCCCCNC(=O)CCSSCCNC(=O)[C@H](C)CC(=O)[C@H](CCCN=C(N)N)NC(=O)[C@H](CC(=O)O)CC(=O)CC.CC[C@H](CC(=O)c1ccc(CCc2cnc3nc(N)[nH]c(=O)c3n2)cc1)C(=O)O.O=C=O.O=C=O. The Labute approximate surface area is 698 Å². The predicted octanol–water partition coefficient (Wildman–Crippen LogP) is 9.29. The second-order valence-electron chi connectivity index (χ2n) is 27.9. The van der Waals surface area contributed by atoms with Gasteiger partial charge in [0, 0.05) is 114 Å². The first-order chi connectivity index (χ1) is 56.1. The molecule has 6 amide bonds. The summed E-state index contributed by atoms with van der Waals surface area (Å²) in [7, 11) is 3.05. The number of amides is 6. The second-order valence-corrected chi connectivity index (χ2v) is 30.6. The number of hydrogen-bond acceptors (Lipinski definition) is 24. The van der Waals surface area contributed by atoms with Gasteiger partial charge in [0.1, 0.15) is 5.78 Å². The highest BCUT2D eigenvalue weighted by Gasteiger charge is 2.30. The lowest BCUT2D eigenvalue weighted by Crippen LogP contribution is -2.45. The third-order valence-corrected chi connectivity index (χ3v) is 20.2. The van der Waals surface area contributed by atoms with Crippen molar-refractivity contribution in [3.63, 3.8) is 0 Å². The number of nitrogen functional groups attached to an aromatic ring is 1. The highest BCUT2D eigenvalue weighted by molar-refractivity contribution is 8.76. The number of aryl methyl sites for hydroxylation is 2. The summed E-state index contributed by atoms with van der Waals surface area (Å²) >= 11 is 0. The molecular weight excluding hydrogens is 1550 g/mol. The fraction of sp³-hybridized carbons (Fsp3) is 0.683. The van der Waals surface area contributed by atoms with Gasteiger partial charge in [0.25, 0.3) is 5.56 Å². The maximum Gasteiger partial charge on any atom is 0.373 e. The molecule has 33 nitrogen and oxygen atoms in total. The minimum atomic E-state index is -1.24. The monoisotopic (exact) mass is 1680 g/mol. The minimum absolute atomic E-state index is 0.00667. The minimum Gasteiger partial charge on any atom is -0.481 e. The largest absolute Gasteiger partial charge is 0.481 e. The summed E-state index contributed by atoms with van der Waals surface area (Å²) in [5.74, 6) is -5.13. The van der Waals surface area contributed by atoms with Gasteiger partial charge in [-0.15, -0.1) is 0 Å². The van der Waals surface area contributed by atoms with Crippen molar-refractivity contribution in [2.75, 3.05) is 63.1 Å². The zero-order valence-corrected chi connectivity index (χ0v) is 72.0. The molecule has 0 fully saturated rings. The number of carboxylic acid groups (broad SMARTS) is 2. The van der Waals surface area contributed by atoms with Crippen molar-refractivity contribution in [3.8, 4) is 0 Å². The van der Waals surface area contributed by atoms with E-state index in [1.54, 1.807) is 39.1 Å². The standard InChI is InChI=1S/C36H65N7O8S2.C20H21N5O4.C17H34N2O2.C7H17N.2CO2/c1-4-6-7-8-11-17-39-31(46)15-10-9-12-18-40-32(47)16-21-52-53-22-20-41-34(50)26(3)23-30(45)29(14-13-19-42-36(37)38)43-35(51)27(25-33(48)49)24-28(44)5-2;1-2-12(19(28)29)9-15(26)13-6-3-11(4-7-13)5-8-14-10-22-17-16(23-14)18(27)25-20(21)24-17;1-3-5-6-7-10-14-19-17(21)13-9-8-11-15-18-16(20)12-4-2;1-2-3-4-5-6-7-8;2*2-1-3/h26-27,29H,4-25H2,1-3H3,(H,39,46)(H,40,47)(H,41,50)(H,43,51)(H,48,49)(H4,37,38,42);3-4,6-7,10,12H,2,5,8-9H2,1H3,(H,28,29)(H3,21,22,24,25,27);3-15H2,1-2H3,(H,18,20)(H,19,21);2-8H2,1H3;;/t26-,27+,29+;12-;;;;/m11..../s1. The Morgan fingerprint density at radius 2 is 1.04 bits per heavy atom. The average molecular weight is 1690 g/mol. The van der Waals surface area contributed by atoms with E-state index >= 15 is 0 Å². The molecule has 0 saturated carbocycles. The van der Waals surface area contributed by atoms with Crippen LogP contribution in [0.3, 0.4) is 0 Å². The van der Waals surface area contributed by atoms with E-state index in [-0.39, 0.29) is 115 Å². The number of guanidine groups is 1. The number of unbranched alkanes of at least 4 members (excludes halogenated alkanes) is 16. The van der Waals surface area contributed by atoms with Crippen LogP contribution in [-0.4, -0.2) is 177 Å². The van der Waals surface area contributed by atoms with E-state index in [9.17, 15) is 62.6 Å². The van der Waals surface area contributed by atoms with Gasteiger partial charge in [0.2, 0.25) is 41.4 Å². The summed E-state index contributed by atoms with van der Waals surface area (Å²) in [4.78, 5) is 195. The Kier molecular flexibility index (Phi) is 73.3. The van der Waals surface area contributed by atoms with Crippen LogP contribution in [0.1, 0.15) is 288 Å². The van der Waals surface area contributed by atoms with Gasteiger partial charge in [-0.05, 0) is 95.6 Å². The number of carbonyl (C=O) groups excluding carboxylic acids is 13. The number of aromatic amines is 1. The number of fused-ring (bicyclic) bond motifs is 1. The van der Waals surface area contributed by atoms with Crippen LogP contribution in [-0.2, 0) is 80.0 Å². The van der Waals surface area contributed by atoms with Crippen molar-refractivity contribution < 1.29 is 82.1 Å². The molecule has 0 aliphatic rings. The number of nitrogens with two attached hydrogens (primary N) is 4. The molecule has 0 bridgehead atoms. The molecule has 117 heavy (non-hydrogen) atoms. The van der Waals surface area contributed by atoms with E-state index in [1.165, 1.54) is 98.6 Å². The molecule has 0 unspecified atom stereocenters. The Bertz CT molecular complexity index is 3430. The van der Waals surface area contributed by atoms with Gasteiger partial charge < -0.3 is 65.0 Å². The number of hydrogen-bond donors (Lipinski definition) is 13. The lowest BCUT2D eigenvalue weighted by Gasteiger charge is -2.22. The fourth-order valence-electron chi connectivity index (χ4n) is 11.0. The molecule has 3 aromatic rings. The van der Waals surface area contributed by atoms with Crippen LogP contribution in [0.2, 0.25) is 0 Å². The Hall–Kier alpha value is -9.30. The van der Waals surface area contributed by atoms with Gasteiger partial charge in [-0.2, -0.15) is 24.2 Å². The van der Waals surface area contributed by atoms with Gasteiger partial charge in [-0.3, -0.25) is 67.5 Å². The lowest BCUT2D eigenvalue weighted by molar-refractivity contribution is -0.193. The number of carboxylic acids is 2. The highest BCUT2D eigenvalue weighted by atomic mass is 33.1. The molecule has 0 radical (unpaired) electrons. The first-order valence-electron chi connectivity index (χ1n) is 41.4. The van der Waals surface area contributed by atoms with Crippen molar-refractivity contribution in [2.45, 2.75) is 286 Å². The highest BCUT2D eigenvalue weighted by Crippen LogP contribution is 2.22. The number of aromatic nitrogens is 4. The molecule has 0 aliphatic heterocycles. The second kappa shape index (κ2) is 76.7.